The van der Waals surface area contributed by atoms with Gasteiger partial charge in [-0.25, -0.2) is 4.79 Å². The van der Waals surface area contributed by atoms with Crippen molar-refractivity contribution in [1.29, 1.82) is 0 Å². The van der Waals surface area contributed by atoms with Crippen LogP contribution in [0.15, 0.2) is 44.4 Å². The maximum atomic E-state index is 12.1. The summed E-state index contributed by atoms with van der Waals surface area (Å²) in [7, 11) is 2.86. The van der Waals surface area contributed by atoms with Crippen LogP contribution in [0.3, 0.4) is 0 Å². The van der Waals surface area contributed by atoms with Crippen molar-refractivity contribution in [2.24, 2.45) is 14.1 Å². The summed E-state index contributed by atoms with van der Waals surface area (Å²) in [6.45, 7) is 0. The summed E-state index contributed by atoms with van der Waals surface area (Å²) in [6, 6.07) is 8.01. The molecule has 2 aromatic rings. The van der Waals surface area contributed by atoms with Gasteiger partial charge in [-0.3, -0.25) is 18.7 Å². The summed E-state index contributed by atoms with van der Waals surface area (Å²) in [5, 5.41) is 2.55. The minimum Gasteiger partial charge on any atom is -0.308 e. The van der Waals surface area contributed by atoms with Crippen LogP contribution < -0.4 is 16.6 Å². The average Bonchev–Trinajstić information content (AvgIpc) is 2.42. The van der Waals surface area contributed by atoms with E-state index in [1.54, 1.807) is 24.3 Å². The zero-order chi connectivity index (χ0) is 14.9. The van der Waals surface area contributed by atoms with Crippen LogP contribution in [-0.2, 0) is 14.1 Å². The quantitative estimate of drug-likeness (QED) is 0.866. The largest absolute Gasteiger partial charge is 0.332 e. The topological polar surface area (TPSA) is 73.1 Å². The molecular formula is C13H13BrClN3O3. The van der Waals surface area contributed by atoms with Crippen LogP contribution in [0.25, 0.3) is 0 Å². The molecular weight excluding hydrogens is 362 g/mol. The lowest BCUT2D eigenvalue weighted by molar-refractivity contribution is 0.102. The predicted molar refractivity (Wildman–Crippen MR) is 86.3 cm³/mol. The van der Waals surface area contributed by atoms with E-state index in [9.17, 15) is 14.4 Å². The fraction of sp³-hybridized carbons (Fsp3) is 0.154. The number of amides is 1. The minimum atomic E-state index is -0.498. The van der Waals surface area contributed by atoms with Crippen molar-refractivity contribution in [2.45, 2.75) is 0 Å². The normalized spacial score (nSPS) is 9.86. The molecule has 2 rings (SSSR count). The summed E-state index contributed by atoms with van der Waals surface area (Å²) in [6.07, 6.45) is 0. The number of rotatable bonds is 2. The molecule has 1 N–H and O–H groups in total. The molecule has 0 aliphatic rings. The second-order valence-corrected chi connectivity index (χ2v) is 5.15. The van der Waals surface area contributed by atoms with Crippen LogP contribution in [0.2, 0.25) is 0 Å². The average molecular weight is 375 g/mol. The molecule has 0 saturated heterocycles. The summed E-state index contributed by atoms with van der Waals surface area (Å²) in [5.74, 6) is -0.238. The third-order valence-corrected chi connectivity index (χ3v) is 3.35. The summed E-state index contributed by atoms with van der Waals surface area (Å²) in [4.78, 5) is 35.4. The summed E-state index contributed by atoms with van der Waals surface area (Å²) >= 11 is 3.27. The third kappa shape index (κ3) is 3.62. The molecule has 1 aromatic heterocycles. The molecule has 0 saturated carbocycles. The molecule has 1 amide bonds. The standard InChI is InChI=1S/C13H12BrN3O3.ClH/c1-16-10(7-11(18)17(2)13(16)20)15-12(19)8-4-3-5-9(14)6-8;/h3-7H,1-2H3,(H,15,19);1H. The summed E-state index contributed by atoms with van der Waals surface area (Å²) < 4.78 is 2.94. The Morgan fingerprint density at radius 2 is 1.81 bits per heavy atom. The highest BCUT2D eigenvalue weighted by atomic mass is 79.9. The predicted octanol–water partition coefficient (Wildman–Crippen LogP) is 1.52. The lowest BCUT2D eigenvalue weighted by Crippen LogP contribution is -2.38. The number of carbonyl (C=O) groups is 1. The number of carbonyl (C=O) groups excluding carboxylic acids is 1. The molecule has 1 aromatic carbocycles. The van der Waals surface area contributed by atoms with Gasteiger partial charge in [0.2, 0.25) is 0 Å². The van der Waals surface area contributed by atoms with Gasteiger partial charge in [0.1, 0.15) is 5.82 Å². The molecule has 0 radical (unpaired) electrons. The van der Waals surface area contributed by atoms with Gasteiger partial charge in [0.25, 0.3) is 11.5 Å². The molecule has 0 bridgehead atoms. The Morgan fingerprint density at radius 1 is 1.14 bits per heavy atom. The van der Waals surface area contributed by atoms with Crippen LogP contribution in [0, 0.1) is 0 Å². The van der Waals surface area contributed by atoms with Crippen molar-refractivity contribution in [3.8, 4) is 0 Å². The van der Waals surface area contributed by atoms with Crippen LogP contribution in [0.1, 0.15) is 10.4 Å². The van der Waals surface area contributed by atoms with E-state index in [1.165, 1.54) is 24.7 Å². The van der Waals surface area contributed by atoms with Crippen LogP contribution in [-0.4, -0.2) is 15.0 Å². The van der Waals surface area contributed by atoms with Crippen molar-refractivity contribution in [1.82, 2.24) is 9.13 Å². The van der Waals surface area contributed by atoms with Gasteiger partial charge in [0.15, 0.2) is 0 Å². The maximum absolute atomic E-state index is 12.1. The second kappa shape index (κ2) is 6.73. The van der Waals surface area contributed by atoms with E-state index >= 15 is 0 Å². The molecule has 8 heteroatoms. The Balaban J connectivity index is 0.00000220. The van der Waals surface area contributed by atoms with Crippen molar-refractivity contribution in [3.05, 3.63) is 61.2 Å². The number of benzene rings is 1. The third-order valence-electron chi connectivity index (χ3n) is 2.85. The van der Waals surface area contributed by atoms with Gasteiger partial charge in [-0.05, 0) is 18.2 Å². The molecule has 6 nitrogen and oxygen atoms in total. The molecule has 0 spiro atoms. The van der Waals surface area contributed by atoms with E-state index in [4.69, 9.17) is 0 Å². The second-order valence-electron chi connectivity index (χ2n) is 4.23. The number of hydrogen-bond donors (Lipinski definition) is 1. The molecule has 0 unspecified atom stereocenters. The molecule has 0 atom stereocenters. The fourth-order valence-electron chi connectivity index (χ4n) is 1.67. The zero-order valence-electron chi connectivity index (χ0n) is 11.3. The Labute approximate surface area is 134 Å². The Kier molecular flexibility index (Phi) is 5.51. The number of nitrogens with zero attached hydrogens (tertiary/aromatic N) is 2. The van der Waals surface area contributed by atoms with Gasteiger partial charge in [-0.2, -0.15) is 0 Å². The van der Waals surface area contributed by atoms with Gasteiger partial charge in [-0.15, -0.1) is 12.4 Å². The van der Waals surface area contributed by atoms with E-state index in [0.29, 0.717) is 5.56 Å². The molecule has 0 aliphatic carbocycles. The molecule has 1 heterocycles. The van der Waals surface area contributed by atoms with Crippen molar-refractivity contribution in [3.63, 3.8) is 0 Å². The van der Waals surface area contributed by atoms with Gasteiger partial charge < -0.3 is 5.32 Å². The van der Waals surface area contributed by atoms with Gasteiger partial charge >= 0.3 is 5.69 Å². The Morgan fingerprint density at radius 3 is 2.43 bits per heavy atom. The first kappa shape index (κ1) is 17.2. The van der Waals surface area contributed by atoms with Crippen molar-refractivity contribution in [2.75, 3.05) is 5.32 Å². The van der Waals surface area contributed by atoms with Crippen LogP contribution >= 0.6 is 28.3 Å². The lowest BCUT2D eigenvalue weighted by Gasteiger charge is -2.10. The number of anilines is 1. The van der Waals surface area contributed by atoms with E-state index in [0.717, 1.165) is 9.04 Å². The van der Waals surface area contributed by atoms with Crippen molar-refractivity contribution < 1.29 is 4.79 Å². The smallest absolute Gasteiger partial charge is 0.308 e. The maximum Gasteiger partial charge on any atom is 0.332 e. The van der Waals surface area contributed by atoms with Gasteiger partial charge in [0, 0.05) is 30.2 Å². The monoisotopic (exact) mass is 373 g/mol. The van der Waals surface area contributed by atoms with Crippen LogP contribution in [0.5, 0.6) is 0 Å². The van der Waals surface area contributed by atoms with Crippen LogP contribution in [0.4, 0.5) is 5.82 Å². The molecule has 112 valence electrons. The lowest BCUT2D eigenvalue weighted by atomic mass is 10.2. The highest BCUT2D eigenvalue weighted by Crippen LogP contribution is 2.12. The van der Waals surface area contributed by atoms with Crippen molar-refractivity contribution >= 4 is 40.1 Å². The highest BCUT2D eigenvalue weighted by molar-refractivity contribution is 9.10. The molecule has 0 aliphatic heterocycles. The first-order chi connectivity index (χ1) is 9.40. The van der Waals surface area contributed by atoms with Gasteiger partial charge in [-0.1, -0.05) is 22.0 Å². The van der Waals surface area contributed by atoms with E-state index < -0.39 is 17.2 Å². The van der Waals surface area contributed by atoms with E-state index in [-0.39, 0.29) is 18.2 Å². The highest BCUT2D eigenvalue weighted by Gasteiger charge is 2.11. The number of hydrogen-bond acceptors (Lipinski definition) is 3. The Bertz CT molecular complexity index is 798. The number of nitrogens with one attached hydrogen (secondary N) is 1. The summed E-state index contributed by atoms with van der Waals surface area (Å²) in [5.41, 5.74) is -0.549. The first-order valence-corrected chi connectivity index (χ1v) is 6.53. The molecule has 0 fully saturated rings. The van der Waals surface area contributed by atoms with Gasteiger partial charge in [0.05, 0.1) is 0 Å². The number of aromatic nitrogens is 2. The van der Waals surface area contributed by atoms with E-state index in [1.807, 2.05) is 0 Å². The number of halogens is 2. The first-order valence-electron chi connectivity index (χ1n) is 5.74. The zero-order valence-corrected chi connectivity index (χ0v) is 13.7. The fourth-order valence-corrected chi connectivity index (χ4v) is 2.07. The van der Waals surface area contributed by atoms with E-state index in [2.05, 4.69) is 21.2 Å². The molecule has 21 heavy (non-hydrogen) atoms. The SMILES string of the molecule is Cl.Cn1c(NC(=O)c2cccc(Br)c2)cc(=O)n(C)c1=O. The Hall–Kier alpha value is -1.86. The minimum absolute atomic E-state index is 0.